The van der Waals surface area contributed by atoms with Gasteiger partial charge >= 0.3 is 0 Å². The number of hydrogen-bond acceptors (Lipinski definition) is 3. The molecule has 0 aliphatic rings. The molecule has 0 aromatic heterocycles. The molecule has 3 rings (SSSR count). The van der Waals surface area contributed by atoms with E-state index in [4.69, 9.17) is 10.00 Å². The van der Waals surface area contributed by atoms with Gasteiger partial charge in [0.05, 0.1) is 19.7 Å². The van der Waals surface area contributed by atoms with Crippen LogP contribution in [0.1, 0.15) is 11.1 Å². The van der Waals surface area contributed by atoms with Crippen LogP contribution in [0.15, 0.2) is 66.7 Å². The molecule has 3 aromatic carbocycles. The lowest BCUT2D eigenvalue weighted by Gasteiger charge is -2.19. The number of ether oxygens (including phenoxy) is 1. The highest BCUT2D eigenvalue weighted by Gasteiger charge is 2.08. The van der Waals surface area contributed by atoms with Crippen LogP contribution in [0.5, 0.6) is 5.75 Å². The van der Waals surface area contributed by atoms with Crippen LogP contribution >= 0.6 is 0 Å². The van der Waals surface area contributed by atoms with Crippen molar-refractivity contribution in [2.45, 2.75) is 13.1 Å². The smallest absolute Gasteiger partial charge is 0.118 e. The summed E-state index contributed by atoms with van der Waals surface area (Å²) in [7, 11) is 1.66. The zero-order chi connectivity index (χ0) is 16.8. The highest BCUT2D eigenvalue weighted by atomic mass is 16.5. The Morgan fingerprint density at radius 2 is 1.54 bits per heavy atom. The SMILES string of the molecule is COc1ccc(CN(CC#N)Cc2ccc3ccccc3c2)cc1. The molecule has 0 unspecified atom stereocenters. The molecular weight excluding hydrogens is 296 g/mol. The first-order valence-corrected chi connectivity index (χ1v) is 7.98. The first-order valence-electron chi connectivity index (χ1n) is 7.98. The Balaban J connectivity index is 1.75. The molecule has 0 atom stereocenters. The molecule has 3 heteroatoms. The molecule has 0 aliphatic carbocycles. The van der Waals surface area contributed by atoms with Gasteiger partial charge in [-0.15, -0.1) is 0 Å². The van der Waals surface area contributed by atoms with E-state index < -0.39 is 0 Å². The summed E-state index contributed by atoms with van der Waals surface area (Å²) in [6.07, 6.45) is 0. The number of nitriles is 1. The Morgan fingerprint density at radius 3 is 2.25 bits per heavy atom. The van der Waals surface area contributed by atoms with Gasteiger partial charge in [0.15, 0.2) is 0 Å². The van der Waals surface area contributed by atoms with Crippen molar-refractivity contribution in [1.29, 1.82) is 5.26 Å². The van der Waals surface area contributed by atoms with Crippen LogP contribution in [0.3, 0.4) is 0 Å². The van der Waals surface area contributed by atoms with Crippen molar-refractivity contribution >= 4 is 10.8 Å². The summed E-state index contributed by atoms with van der Waals surface area (Å²) in [6.45, 7) is 1.90. The van der Waals surface area contributed by atoms with E-state index >= 15 is 0 Å². The van der Waals surface area contributed by atoms with Crippen LogP contribution in [0.2, 0.25) is 0 Å². The molecule has 0 N–H and O–H groups in total. The monoisotopic (exact) mass is 316 g/mol. The van der Waals surface area contributed by atoms with Gasteiger partial charge in [-0.25, -0.2) is 0 Å². The highest BCUT2D eigenvalue weighted by molar-refractivity contribution is 5.82. The maximum absolute atomic E-state index is 9.13. The van der Waals surface area contributed by atoms with Gasteiger partial charge in [0.1, 0.15) is 5.75 Å². The standard InChI is InChI=1S/C21H20N2O/c1-24-21-10-7-17(8-11-21)15-23(13-12-22)16-18-6-9-19-4-2-3-5-20(19)14-18/h2-11,14H,13,15-16H2,1H3. The summed E-state index contributed by atoms with van der Waals surface area (Å²) in [4.78, 5) is 2.14. The fraction of sp³-hybridized carbons (Fsp3) is 0.190. The number of rotatable bonds is 6. The van der Waals surface area contributed by atoms with E-state index in [1.165, 1.54) is 21.9 Å². The fourth-order valence-corrected chi connectivity index (χ4v) is 2.85. The molecule has 0 aliphatic heterocycles. The predicted octanol–water partition coefficient (Wildman–Crippen LogP) is 4.37. The number of benzene rings is 3. The zero-order valence-electron chi connectivity index (χ0n) is 13.8. The van der Waals surface area contributed by atoms with Crippen molar-refractivity contribution in [2.75, 3.05) is 13.7 Å². The van der Waals surface area contributed by atoms with Crippen molar-refractivity contribution in [3.05, 3.63) is 77.9 Å². The Hall–Kier alpha value is -2.83. The van der Waals surface area contributed by atoms with Crippen LogP contribution in [-0.2, 0) is 13.1 Å². The van der Waals surface area contributed by atoms with Crippen molar-refractivity contribution < 1.29 is 4.74 Å². The second-order valence-electron chi connectivity index (χ2n) is 5.83. The Bertz CT molecular complexity index is 850. The minimum atomic E-state index is 0.402. The molecule has 0 amide bonds. The summed E-state index contributed by atoms with van der Waals surface area (Å²) in [6, 6.07) is 25.1. The fourth-order valence-electron chi connectivity index (χ4n) is 2.85. The van der Waals surface area contributed by atoms with E-state index in [1.54, 1.807) is 7.11 Å². The first-order chi connectivity index (χ1) is 11.8. The quantitative estimate of drug-likeness (QED) is 0.633. The molecule has 0 heterocycles. The van der Waals surface area contributed by atoms with Gasteiger partial charge in [-0.2, -0.15) is 5.26 Å². The van der Waals surface area contributed by atoms with Gasteiger partial charge in [0.2, 0.25) is 0 Å². The van der Waals surface area contributed by atoms with Crippen molar-refractivity contribution in [3.8, 4) is 11.8 Å². The van der Waals surface area contributed by atoms with Crippen LogP contribution in [-0.4, -0.2) is 18.6 Å². The molecule has 0 spiro atoms. The highest BCUT2D eigenvalue weighted by Crippen LogP contribution is 2.18. The molecule has 0 saturated carbocycles. The molecule has 0 saturated heterocycles. The number of fused-ring (bicyclic) bond motifs is 1. The third-order valence-corrected chi connectivity index (χ3v) is 4.08. The lowest BCUT2D eigenvalue weighted by molar-refractivity contribution is 0.289. The van der Waals surface area contributed by atoms with Crippen molar-refractivity contribution in [1.82, 2.24) is 4.90 Å². The van der Waals surface area contributed by atoms with Gasteiger partial charge in [0, 0.05) is 13.1 Å². The molecule has 0 bridgehead atoms. The average molecular weight is 316 g/mol. The second-order valence-corrected chi connectivity index (χ2v) is 5.83. The first kappa shape index (κ1) is 16.0. The molecule has 3 aromatic rings. The largest absolute Gasteiger partial charge is 0.497 e. The maximum atomic E-state index is 9.13. The molecule has 3 nitrogen and oxygen atoms in total. The molecule has 0 fully saturated rings. The molecule has 0 radical (unpaired) electrons. The summed E-state index contributed by atoms with van der Waals surface area (Å²) >= 11 is 0. The van der Waals surface area contributed by atoms with E-state index in [-0.39, 0.29) is 0 Å². The normalized spacial score (nSPS) is 10.7. The van der Waals surface area contributed by atoms with Crippen LogP contribution in [0.4, 0.5) is 0 Å². The van der Waals surface area contributed by atoms with Gasteiger partial charge < -0.3 is 4.74 Å². The van der Waals surface area contributed by atoms with Crippen LogP contribution in [0, 0.1) is 11.3 Å². The van der Waals surface area contributed by atoms with Gasteiger partial charge in [-0.3, -0.25) is 4.90 Å². The third kappa shape index (κ3) is 3.92. The van der Waals surface area contributed by atoms with E-state index in [9.17, 15) is 0 Å². The number of methoxy groups -OCH3 is 1. The van der Waals surface area contributed by atoms with E-state index in [1.807, 2.05) is 30.3 Å². The van der Waals surface area contributed by atoms with Gasteiger partial charge in [-0.1, -0.05) is 48.5 Å². The van der Waals surface area contributed by atoms with Gasteiger partial charge in [-0.05, 0) is 40.1 Å². The summed E-state index contributed by atoms with van der Waals surface area (Å²) in [5.41, 5.74) is 2.39. The lowest BCUT2D eigenvalue weighted by Crippen LogP contribution is -2.23. The topological polar surface area (TPSA) is 36.3 Å². The van der Waals surface area contributed by atoms with Crippen LogP contribution < -0.4 is 4.74 Å². The van der Waals surface area contributed by atoms with Crippen molar-refractivity contribution in [2.24, 2.45) is 0 Å². The summed E-state index contributed by atoms with van der Waals surface area (Å²) < 4.78 is 5.19. The van der Waals surface area contributed by atoms with Crippen LogP contribution in [0.25, 0.3) is 10.8 Å². The number of nitrogens with zero attached hydrogens (tertiary/aromatic N) is 2. The minimum absolute atomic E-state index is 0.402. The lowest BCUT2D eigenvalue weighted by atomic mass is 10.1. The third-order valence-electron chi connectivity index (χ3n) is 4.08. The van der Waals surface area contributed by atoms with E-state index in [0.717, 1.165) is 18.8 Å². The second kappa shape index (κ2) is 7.63. The van der Waals surface area contributed by atoms with Gasteiger partial charge in [0.25, 0.3) is 0 Å². The molecule has 120 valence electrons. The number of hydrogen-bond donors (Lipinski definition) is 0. The summed E-state index contributed by atoms with van der Waals surface area (Å²) in [5.74, 6) is 0.847. The maximum Gasteiger partial charge on any atom is 0.118 e. The Morgan fingerprint density at radius 1 is 0.875 bits per heavy atom. The average Bonchev–Trinajstić information content (AvgIpc) is 2.62. The Labute approximate surface area is 142 Å². The minimum Gasteiger partial charge on any atom is -0.497 e. The molecule has 24 heavy (non-hydrogen) atoms. The zero-order valence-corrected chi connectivity index (χ0v) is 13.8. The van der Waals surface area contributed by atoms with E-state index in [2.05, 4.69) is 47.4 Å². The molecular formula is C21H20N2O. The van der Waals surface area contributed by atoms with Crippen molar-refractivity contribution in [3.63, 3.8) is 0 Å². The van der Waals surface area contributed by atoms with E-state index in [0.29, 0.717) is 6.54 Å². The Kier molecular flexibility index (Phi) is 5.10. The predicted molar refractivity (Wildman–Crippen MR) is 96.7 cm³/mol. The summed E-state index contributed by atoms with van der Waals surface area (Å²) in [5, 5.41) is 11.6.